The maximum absolute atomic E-state index is 10.4. The molecule has 0 aromatic carbocycles. The van der Waals surface area contributed by atoms with Crippen LogP contribution in [0.25, 0.3) is 5.70 Å². The van der Waals surface area contributed by atoms with Crippen LogP contribution in [-0.4, -0.2) is 11.3 Å². The molecular formula is C8H9N3O2. The van der Waals surface area contributed by atoms with Crippen LogP contribution in [0.5, 0.6) is 0 Å². The van der Waals surface area contributed by atoms with E-state index in [1.165, 1.54) is 18.4 Å². The summed E-state index contributed by atoms with van der Waals surface area (Å²) in [5.74, 6) is 0.258. The summed E-state index contributed by atoms with van der Waals surface area (Å²) < 4.78 is 4.90. The van der Waals surface area contributed by atoms with Crippen molar-refractivity contribution in [2.45, 2.75) is 0 Å². The lowest BCUT2D eigenvalue weighted by atomic mass is 10.2. The Kier molecular flexibility index (Phi) is 2.86. The van der Waals surface area contributed by atoms with Gasteiger partial charge in [-0.05, 0) is 18.4 Å². The van der Waals surface area contributed by atoms with Crippen LogP contribution in [0.3, 0.4) is 0 Å². The van der Waals surface area contributed by atoms with Crippen molar-refractivity contribution in [2.24, 2.45) is 11.5 Å². The summed E-state index contributed by atoms with van der Waals surface area (Å²) in [5, 5.41) is 0. The van der Waals surface area contributed by atoms with Gasteiger partial charge >= 0.3 is 0 Å². The smallest absolute Gasteiger partial charge is 0.182 e. The molecule has 5 heteroatoms. The standard InChI is InChI=1S/C8H9N3O2/c9-3-1-2-6(10)8-7(4-12)11-5-13-8/h1-5H,9-10H2/b3-1-,6-2-. The molecule has 4 N–H and O–H groups in total. The topological polar surface area (TPSA) is 95.1 Å². The second kappa shape index (κ2) is 4.10. The van der Waals surface area contributed by atoms with Gasteiger partial charge in [-0.25, -0.2) is 4.98 Å². The Bertz CT molecular complexity index is 352. The number of carbonyl (C=O) groups excluding carboxylic acids is 1. The van der Waals surface area contributed by atoms with Crippen molar-refractivity contribution in [3.63, 3.8) is 0 Å². The highest BCUT2D eigenvalue weighted by atomic mass is 16.3. The van der Waals surface area contributed by atoms with Gasteiger partial charge in [-0.3, -0.25) is 4.79 Å². The zero-order valence-electron chi connectivity index (χ0n) is 6.81. The van der Waals surface area contributed by atoms with Crippen molar-refractivity contribution < 1.29 is 9.21 Å². The van der Waals surface area contributed by atoms with E-state index in [-0.39, 0.29) is 11.5 Å². The molecule has 0 fully saturated rings. The molecule has 1 heterocycles. The minimum atomic E-state index is 0.180. The van der Waals surface area contributed by atoms with Crippen LogP contribution >= 0.6 is 0 Å². The lowest BCUT2D eigenvalue weighted by Crippen LogP contribution is -1.98. The van der Waals surface area contributed by atoms with Crippen molar-refractivity contribution in [3.05, 3.63) is 36.2 Å². The first-order valence-electron chi connectivity index (χ1n) is 3.52. The highest BCUT2D eigenvalue weighted by molar-refractivity contribution is 5.80. The summed E-state index contributed by atoms with van der Waals surface area (Å²) in [6.45, 7) is 0. The molecule has 0 bridgehead atoms. The summed E-state index contributed by atoms with van der Waals surface area (Å²) in [4.78, 5) is 14.1. The number of aromatic nitrogens is 1. The molecule has 68 valence electrons. The Labute approximate surface area is 74.7 Å². The number of hydrogen-bond acceptors (Lipinski definition) is 5. The van der Waals surface area contributed by atoms with Crippen molar-refractivity contribution in [3.8, 4) is 0 Å². The molecule has 1 rings (SSSR count). The van der Waals surface area contributed by atoms with Crippen LogP contribution in [0.4, 0.5) is 0 Å². The molecule has 0 saturated carbocycles. The molecule has 1 aromatic rings. The predicted molar refractivity (Wildman–Crippen MR) is 47.4 cm³/mol. The Hall–Kier alpha value is -2.04. The van der Waals surface area contributed by atoms with Crippen LogP contribution in [0, 0.1) is 0 Å². The number of rotatable bonds is 3. The molecule has 0 atom stereocenters. The number of allylic oxidation sites excluding steroid dienone is 2. The normalized spacial score (nSPS) is 12.2. The van der Waals surface area contributed by atoms with Gasteiger partial charge in [-0.1, -0.05) is 0 Å². The lowest BCUT2D eigenvalue weighted by molar-refractivity contribution is 0.111. The Morgan fingerprint density at radius 2 is 2.38 bits per heavy atom. The van der Waals surface area contributed by atoms with Crippen molar-refractivity contribution in [1.29, 1.82) is 0 Å². The van der Waals surface area contributed by atoms with Gasteiger partial charge in [-0.2, -0.15) is 0 Å². The highest BCUT2D eigenvalue weighted by Crippen LogP contribution is 2.11. The summed E-state index contributed by atoms with van der Waals surface area (Å²) >= 11 is 0. The second-order valence-corrected chi connectivity index (χ2v) is 2.19. The molecule has 5 nitrogen and oxygen atoms in total. The van der Waals surface area contributed by atoms with Gasteiger partial charge in [-0.15, -0.1) is 0 Å². The van der Waals surface area contributed by atoms with Gasteiger partial charge in [0, 0.05) is 0 Å². The van der Waals surface area contributed by atoms with Crippen LogP contribution in [0.1, 0.15) is 16.2 Å². The van der Waals surface area contributed by atoms with Gasteiger partial charge in [0.15, 0.2) is 24.1 Å². The minimum Gasteiger partial charge on any atom is -0.441 e. The average molecular weight is 179 g/mol. The summed E-state index contributed by atoms with van der Waals surface area (Å²) in [5.41, 5.74) is 11.2. The van der Waals surface area contributed by atoms with Crippen LogP contribution in [0.2, 0.25) is 0 Å². The third-order valence-electron chi connectivity index (χ3n) is 1.36. The van der Waals surface area contributed by atoms with Gasteiger partial charge in [0.05, 0.1) is 5.70 Å². The molecule has 0 unspecified atom stereocenters. The van der Waals surface area contributed by atoms with E-state index >= 15 is 0 Å². The van der Waals surface area contributed by atoms with E-state index in [0.717, 1.165) is 6.39 Å². The fourth-order valence-electron chi connectivity index (χ4n) is 0.790. The summed E-state index contributed by atoms with van der Waals surface area (Å²) in [7, 11) is 0. The van der Waals surface area contributed by atoms with E-state index in [2.05, 4.69) is 4.98 Å². The van der Waals surface area contributed by atoms with E-state index in [9.17, 15) is 4.79 Å². The van der Waals surface area contributed by atoms with Gasteiger partial charge in [0.2, 0.25) is 0 Å². The van der Waals surface area contributed by atoms with Crippen LogP contribution in [0.15, 0.2) is 29.2 Å². The van der Waals surface area contributed by atoms with Crippen molar-refractivity contribution in [1.82, 2.24) is 4.98 Å². The van der Waals surface area contributed by atoms with Gasteiger partial charge in [0.25, 0.3) is 0 Å². The number of oxazole rings is 1. The maximum atomic E-state index is 10.4. The van der Waals surface area contributed by atoms with Gasteiger partial charge in [0.1, 0.15) is 0 Å². The van der Waals surface area contributed by atoms with E-state index < -0.39 is 0 Å². The SMILES string of the molecule is N/C=C\C=C(/N)c1ocnc1C=O. The third-order valence-corrected chi connectivity index (χ3v) is 1.36. The zero-order valence-corrected chi connectivity index (χ0v) is 6.81. The van der Waals surface area contributed by atoms with Crippen LogP contribution < -0.4 is 11.5 Å². The van der Waals surface area contributed by atoms with Gasteiger partial charge < -0.3 is 15.9 Å². The Morgan fingerprint density at radius 3 is 3.00 bits per heavy atom. The molecule has 0 aliphatic rings. The second-order valence-electron chi connectivity index (χ2n) is 2.19. The average Bonchev–Trinajstić information content (AvgIpc) is 2.61. The quantitative estimate of drug-likeness (QED) is 0.512. The summed E-state index contributed by atoms with van der Waals surface area (Å²) in [6, 6.07) is 0. The molecule has 0 amide bonds. The molecule has 0 aliphatic heterocycles. The minimum absolute atomic E-state index is 0.180. The fourth-order valence-corrected chi connectivity index (χ4v) is 0.790. The number of nitrogens with two attached hydrogens (primary N) is 2. The predicted octanol–water partition coefficient (Wildman–Crippen LogP) is 0.259. The van der Waals surface area contributed by atoms with Crippen molar-refractivity contribution in [2.75, 3.05) is 0 Å². The molecule has 13 heavy (non-hydrogen) atoms. The number of carbonyl (C=O) groups is 1. The van der Waals surface area contributed by atoms with E-state index in [1.54, 1.807) is 0 Å². The maximum Gasteiger partial charge on any atom is 0.182 e. The largest absolute Gasteiger partial charge is 0.441 e. The first kappa shape index (κ1) is 9.05. The lowest BCUT2D eigenvalue weighted by Gasteiger charge is -1.93. The number of nitrogens with zero attached hydrogens (tertiary/aromatic N) is 1. The first-order chi connectivity index (χ1) is 6.29. The fraction of sp³-hybridized carbons (Fsp3) is 0. The molecule has 1 aromatic heterocycles. The molecule has 0 spiro atoms. The Balaban J connectivity index is 3.00. The highest BCUT2D eigenvalue weighted by Gasteiger charge is 2.08. The number of aldehydes is 1. The van der Waals surface area contributed by atoms with Crippen molar-refractivity contribution >= 4 is 12.0 Å². The molecule has 0 aliphatic carbocycles. The Morgan fingerprint density at radius 1 is 1.62 bits per heavy atom. The third kappa shape index (κ3) is 1.96. The summed E-state index contributed by atoms with van der Waals surface area (Å²) in [6.07, 6.45) is 6.11. The van der Waals surface area contributed by atoms with Crippen LogP contribution in [-0.2, 0) is 0 Å². The molecule has 0 radical (unpaired) electrons. The molecule has 0 saturated heterocycles. The van der Waals surface area contributed by atoms with E-state index in [4.69, 9.17) is 15.9 Å². The monoisotopic (exact) mass is 179 g/mol. The zero-order chi connectivity index (χ0) is 9.68. The number of hydrogen-bond donors (Lipinski definition) is 2. The molecular weight excluding hydrogens is 170 g/mol. The first-order valence-corrected chi connectivity index (χ1v) is 3.52. The van der Waals surface area contributed by atoms with E-state index in [1.807, 2.05) is 0 Å². The van der Waals surface area contributed by atoms with E-state index in [0.29, 0.717) is 12.0 Å².